The van der Waals surface area contributed by atoms with Gasteiger partial charge < -0.3 is 10.2 Å². The Morgan fingerprint density at radius 3 is 2.47 bits per heavy atom. The van der Waals surface area contributed by atoms with E-state index < -0.39 is 0 Å². The van der Waals surface area contributed by atoms with Gasteiger partial charge >= 0.3 is 0 Å². The zero-order valence-corrected chi connectivity index (χ0v) is 13.7. The molecule has 0 spiro atoms. The maximum absolute atomic E-state index is 3.60. The molecule has 2 nitrogen and oxygen atoms in total. The predicted molar refractivity (Wildman–Crippen MR) is 86.8 cm³/mol. The summed E-state index contributed by atoms with van der Waals surface area (Å²) in [6.07, 6.45) is 5.42. The monoisotopic (exact) mass is 324 g/mol. The topological polar surface area (TPSA) is 15.3 Å². The molecule has 1 saturated heterocycles. The molecule has 0 amide bonds. The fourth-order valence-corrected chi connectivity index (χ4v) is 3.04. The van der Waals surface area contributed by atoms with Crippen LogP contribution in [0.1, 0.15) is 45.1 Å². The molecule has 0 unspecified atom stereocenters. The highest BCUT2D eigenvalue weighted by Crippen LogP contribution is 2.27. The van der Waals surface area contributed by atoms with E-state index in [0.717, 1.165) is 6.54 Å². The van der Waals surface area contributed by atoms with Crippen molar-refractivity contribution >= 4 is 21.6 Å². The number of hydrogen-bond donors (Lipinski definition) is 1. The summed E-state index contributed by atoms with van der Waals surface area (Å²) in [5.74, 6) is 0. The molecule has 2 rings (SSSR count). The smallest absolute Gasteiger partial charge is 0.0412 e. The molecule has 1 aliphatic heterocycles. The highest BCUT2D eigenvalue weighted by molar-refractivity contribution is 9.10. The first-order valence-corrected chi connectivity index (χ1v) is 8.23. The van der Waals surface area contributed by atoms with Crippen LogP contribution in [0.25, 0.3) is 0 Å². The van der Waals surface area contributed by atoms with Gasteiger partial charge in [0.2, 0.25) is 0 Å². The van der Waals surface area contributed by atoms with Crippen LogP contribution >= 0.6 is 15.9 Å². The summed E-state index contributed by atoms with van der Waals surface area (Å²) >= 11 is 3.60. The molecule has 1 N–H and O–H groups in total. The molecule has 0 aromatic heterocycles. The van der Waals surface area contributed by atoms with E-state index in [9.17, 15) is 0 Å². The van der Waals surface area contributed by atoms with Gasteiger partial charge in [-0.05, 0) is 36.6 Å². The van der Waals surface area contributed by atoms with E-state index >= 15 is 0 Å². The Labute approximate surface area is 125 Å². The number of nitrogens with one attached hydrogen (secondary N) is 1. The van der Waals surface area contributed by atoms with E-state index in [1.54, 1.807) is 0 Å². The fraction of sp³-hybridized carbons (Fsp3) is 0.625. The minimum atomic E-state index is 0.524. The first kappa shape index (κ1) is 14.9. The Kier molecular flexibility index (Phi) is 5.71. The summed E-state index contributed by atoms with van der Waals surface area (Å²) < 4.78 is 1.17. The summed E-state index contributed by atoms with van der Waals surface area (Å²) in [4.78, 5) is 2.57. The van der Waals surface area contributed by atoms with E-state index in [0.29, 0.717) is 6.04 Å². The van der Waals surface area contributed by atoms with Crippen molar-refractivity contribution in [2.75, 3.05) is 18.0 Å². The molecular weight excluding hydrogens is 300 g/mol. The molecule has 0 radical (unpaired) electrons. The molecule has 1 heterocycles. The highest BCUT2D eigenvalue weighted by Gasteiger charge is 2.13. The molecule has 3 heteroatoms. The lowest BCUT2D eigenvalue weighted by molar-refractivity contribution is 0.587. The second-order valence-corrected chi connectivity index (χ2v) is 6.63. The fourth-order valence-electron chi connectivity index (χ4n) is 2.63. The normalized spacial score (nSPS) is 16.7. The first-order valence-electron chi connectivity index (χ1n) is 7.43. The zero-order chi connectivity index (χ0) is 13.7. The average Bonchev–Trinajstić information content (AvgIpc) is 2.65. The summed E-state index contributed by atoms with van der Waals surface area (Å²) in [6.45, 7) is 7.75. The van der Waals surface area contributed by atoms with Gasteiger partial charge in [0.15, 0.2) is 0 Å². The minimum absolute atomic E-state index is 0.524. The predicted octanol–water partition coefficient (Wildman–Crippen LogP) is 4.33. The second kappa shape index (κ2) is 7.30. The van der Waals surface area contributed by atoms with Crippen LogP contribution in [0.4, 0.5) is 5.69 Å². The quantitative estimate of drug-likeness (QED) is 0.886. The standard InChI is InChI=1S/C16H25BrN2/c1-13(2)18-12-14-11-15(17)7-8-16(14)19-9-5-3-4-6-10-19/h7-8,11,13,18H,3-6,9-10,12H2,1-2H3. The first-order chi connectivity index (χ1) is 9.16. The van der Waals surface area contributed by atoms with E-state index in [1.165, 1.54) is 54.5 Å². The van der Waals surface area contributed by atoms with Crippen LogP contribution in [0.5, 0.6) is 0 Å². The van der Waals surface area contributed by atoms with Crippen molar-refractivity contribution in [3.05, 3.63) is 28.2 Å². The number of rotatable bonds is 4. The maximum atomic E-state index is 3.60. The Morgan fingerprint density at radius 2 is 1.84 bits per heavy atom. The van der Waals surface area contributed by atoms with Crippen molar-refractivity contribution < 1.29 is 0 Å². The van der Waals surface area contributed by atoms with Gasteiger partial charge in [0.1, 0.15) is 0 Å². The molecule has 0 saturated carbocycles. The molecule has 19 heavy (non-hydrogen) atoms. The molecule has 1 aromatic carbocycles. The van der Waals surface area contributed by atoms with Crippen molar-refractivity contribution in [2.45, 2.75) is 52.1 Å². The van der Waals surface area contributed by atoms with Crippen LogP contribution in [0.3, 0.4) is 0 Å². The van der Waals surface area contributed by atoms with E-state index in [-0.39, 0.29) is 0 Å². The van der Waals surface area contributed by atoms with Crippen LogP contribution in [0, 0.1) is 0 Å². The maximum Gasteiger partial charge on any atom is 0.0412 e. The molecular formula is C16H25BrN2. The Hall–Kier alpha value is -0.540. The second-order valence-electron chi connectivity index (χ2n) is 5.71. The number of anilines is 1. The number of hydrogen-bond acceptors (Lipinski definition) is 2. The lowest BCUT2D eigenvalue weighted by Gasteiger charge is -2.26. The largest absolute Gasteiger partial charge is 0.371 e. The van der Waals surface area contributed by atoms with Crippen molar-refractivity contribution in [2.24, 2.45) is 0 Å². The van der Waals surface area contributed by atoms with Crippen LogP contribution in [0.2, 0.25) is 0 Å². The van der Waals surface area contributed by atoms with Gasteiger partial charge in [-0.25, -0.2) is 0 Å². The molecule has 1 aromatic rings. The average molecular weight is 325 g/mol. The van der Waals surface area contributed by atoms with Crippen LogP contribution in [0.15, 0.2) is 22.7 Å². The van der Waals surface area contributed by atoms with Gasteiger partial charge in [0.05, 0.1) is 0 Å². The Bertz CT molecular complexity index is 396. The third-order valence-electron chi connectivity index (χ3n) is 3.69. The van der Waals surface area contributed by atoms with Gasteiger partial charge in [-0.3, -0.25) is 0 Å². The van der Waals surface area contributed by atoms with Crippen LogP contribution < -0.4 is 10.2 Å². The van der Waals surface area contributed by atoms with Gasteiger partial charge in [0.25, 0.3) is 0 Å². The summed E-state index contributed by atoms with van der Waals surface area (Å²) in [7, 11) is 0. The van der Waals surface area contributed by atoms with Gasteiger partial charge in [-0.15, -0.1) is 0 Å². The van der Waals surface area contributed by atoms with Crippen molar-refractivity contribution in [3.8, 4) is 0 Å². The highest BCUT2D eigenvalue weighted by atomic mass is 79.9. The van der Waals surface area contributed by atoms with Crippen molar-refractivity contribution in [1.29, 1.82) is 0 Å². The molecule has 1 fully saturated rings. The zero-order valence-electron chi connectivity index (χ0n) is 12.1. The summed E-state index contributed by atoms with van der Waals surface area (Å²) in [5.41, 5.74) is 2.82. The third kappa shape index (κ3) is 4.50. The molecule has 1 aliphatic rings. The number of halogens is 1. The number of nitrogens with zero attached hydrogens (tertiary/aromatic N) is 1. The van der Waals surface area contributed by atoms with Gasteiger partial charge in [-0.2, -0.15) is 0 Å². The van der Waals surface area contributed by atoms with Gasteiger partial charge in [0, 0.05) is 35.8 Å². The Balaban J connectivity index is 2.17. The van der Waals surface area contributed by atoms with Crippen molar-refractivity contribution in [1.82, 2.24) is 5.32 Å². The molecule has 0 aliphatic carbocycles. The molecule has 106 valence electrons. The SMILES string of the molecule is CC(C)NCc1cc(Br)ccc1N1CCCCCC1. The van der Waals surface area contributed by atoms with E-state index in [2.05, 4.69) is 58.2 Å². The van der Waals surface area contributed by atoms with Crippen LogP contribution in [-0.4, -0.2) is 19.1 Å². The van der Waals surface area contributed by atoms with Crippen molar-refractivity contribution in [3.63, 3.8) is 0 Å². The van der Waals surface area contributed by atoms with E-state index in [1.807, 2.05) is 0 Å². The summed E-state index contributed by atoms with van der Waals surface area (Å²) in [6, 6.07) is 7.22. The third-order valence-corrected chi connectivity index (χ3v) is 4.18. The number of benzene rings is 1. The minimum Gasteiger partial charge on any atom is -0.371 e. The lowest BCUT2D eigenvalue weighted by Crippen LogP contribution is -2.27. The van der Waals surface area contributed by atoms with Crippen LogP contribution in [-0.2, 0) is 6.54 Å². The molecule has 0 bridgehead atoms. The summed E-state index contributed by atoms with van der Waals surface area (Å²) in [5, 5.41) is 3.54. The lowest BCUT2D eigenvalue weighted by atomic mass is 10.1. The molecule has 0 atom stereocenters. The van der Waals surface area contributed by atoms with E-state index in [4.69, 9.17) is 0 Å². The Morgan fingerprint density at radius 1 is 1.16 bits per heavy atom. The van der Waals surface area contributed by atoms with Gasteiger partial charge in [-0.1, -0.05) is 42.6 Å².